The Balaban J connectivity index is 0.00000289. The fraction of sp³-hybridized carbons (Fsp3) is 0.0357. The van der Waals surface area contributed by atoms with Crippen molar-refractivity contribution in [2.45, 2.75) is 6.92 Å². The summed E-state index contributed by atoms with van der Waals surface area (Å²) in [7, 11) is -2.66. The number of halogens is 1. The fourth-order valence-electron chi connectivity index (χ4n) is 4.08. The Labute approximate surface area is 200 Å². The predicted octanol–water partition coefficient (Wildman–Crippen LogP) is 2.50. The smallest absolute Gasteiger partial charge is 0.199 e. The number of allylic oxidation sites excluding steroid dienone is 1. The number of carbonyl (C=O) groups excluding carboxylic acids is 1. The SMILES string of the molecule is CC(=O)/C(=C(/O)c1ccccc1)[P+](c1ccccc1)(c1ccccc1)c1ccccc1.[Br-]. The van der Waals surface area contributed by atoms with Gasteiger partial charge >= 0.3 is 0 Å². The highest BCUT2D eigenvalue weighted by molar-refractivity contribution is 8.00. The summed E-state index contributed by atoms with van der Waals surface area (Å²) in [5.74, 6) is -0.0933. The van der Waals surface area contributed by atoms with Crippen LogP contribution in [0.25, 0.3) is 5.76 Å². The summed E-state index contributed by atoms with van der Waals surface area (Å²) < 4.78 is 0. The van der Waals surface area contributed by atoms with E-state index >= 15 is 0 Å². The zero-order valence-electron chi connectivity index (χ0n) is 17.7. The average Bonchev–Trinajstić information content (AvgIpc) is 2.84. The van der Waals surface area contributed by atoms with Crippen LogP contribution in [0.5, 0.6) is 0 Å². The highest BCUT2D eigenvalue weighted by Gasteiger charge is 2.53. The number of carbonyl (C=O) groups is 1. The summed E-state index contributed by atoms with van der Waals surface area (Å²) in [6.45, 7) is 1.55. The van der Waals surface area contributed by atoms with Gasteiger partial charge in [-0.15, -0.1) is 0 Å². The van der Waals surface area contributed by atoms with Gasteiger partial charge in [-0.2, -0.15) is 0 Å². The highest BCUT2D eigenvalue weighted by atomic mass is 79.9. The zero-order valence-corrected chi connectivity index (χ0v) is 20.2. The van der Waals surface area contributed by atoms with Crippen molar-refractivity contribution in [3.63, 3.8) is 0 Å². The van der Waals surface area contributed by atoms with Crippen molar-refractivity contribution in [3.05, 3.63) is 132 Å². The Hall–Kier alpha value is -3.00. The van der Waals surface area contributed by atoms with E-state index in [0.29, 0.717) is 10.9 Å². The number of aliphatic hydroxyl groups excluding tert-OH is 1. The molecule has 0 aliphatic heterocycles. The summed E-state index contributed by atoms with van der Waals surface area (Å²) in [6.07, 6.45) is 0. The first-order valence-electron chi connectivity index (χ1n) is 10.2. The van der Waals surface area contributed by atoms with E-state index < -0.39 is 7.26 Å². The first-order chi connectivity index (χ1) is 15.2. The Morgan fingerprint density at radius 3 is 1.22 bits per heavy atom. The van der Waals surface area contributed by atoms with Gasteiger partial charge < -0.3 is 22.1 Å². The Kier molecular flexibility index (Phi) is 7.80. The largest absolute Gasteiger partial charge is 1.00 e. The van der Waals surface area contributed by atoms with Gasteiger partial charge in [0.1, 0.15) is 15.9 Å². The number of Topliss-reactive ketones (excluding diaryl/α,β-unsaturated/α-hetero) is 1. The molecule has 0 aliphatic rings. The lowest BCUT2D eigenvalue weighted by Crippen LogP contribution is -3.00. The van der Waals surface area contributed by atoms with Crippen molar-refractivity contribution in [1.82, 2.24) is 0 Å². The quantitative estimate of drug-likeness (QED) is 0.250. The number of hydrogen-bond acceptors (Lipinski definition) is 2. The summed E-state index contributed by atoms with van der Waals surface area (Å²) >= 11 is 0. The van der Waals surface area contributed by atoms with Gasteiger partial charge in [0.2, 0.25) is 0 Å². The molecular formula is C28H24BrO2P. The van der Waals surface area contributed by atoms with Crippen molar-refractivity contribution >= 4 is 34.7 Å². The predicted molar refractivity (Wildman–Crippen MR) is 132 cm³/mol. The molecule has 4 heteroatoms. The van der Waals surface area contributed by atoms with Crippen LogP contribution in [0.15, 0.2) is 127 Å². The van der Waals surface area contributed by atoms with Gasteiger partial charge in [-0.1, -0.05) is 84.9 Å². The van der Waals surface area contributed by atoms with Gasteiger partial charge in [-0.3, -0.25) is 4.79 Å². The van der Waals surface area contributed by atoms with E-state index in [0.717, 1.165) is 15.9 Å². The maximum absolute atomic E-state index is 13.3. The third-order valence-electron chi connectivity index (χ3n) is 5.37. The zero-order chi connectivity index (χ0) is 21.7. The third-order valence-corrected chi connectivity index (χ3v) is 9.79. The Bertz CT molecular complexity index is 1090. The monoisotopic (exact) mass is 502 g/mol. The fourth-order valence-corrected chi connectivity index (χ4v) is 8.53. The molecule has 0 bridgehead atoms. The van der Waals surface area contributed by atoms with Crippen molar-refractivity contribution in [3.8, 4) is 0 Å². The molecule has 0 aliphatic carbocycles. The van der Waals surface area contributed by atoms with Crippen molar-refractivity contribution in [2.75, 3.05) is 0 Å². The molecule has 0 heterocycles. The second-order valence-electron chi connectivity index (χ2n) is 7.30. The molecule has 0 spiro atoms. The molecule has 0 radical (unpaired) electrons. The lowest BCUT2D eigenvalue weighted by molar-refractivity contribution is -0.113. The average molecular weight is 503 g/mol. The second-order valence-corrected chi connectivity index (χ2v) is 10.6. The van der Waals surface area contributed by atoms with Gasteiger partial charge in [-0.25, -0.2) is 0 Å². The van der Waals surface area contributed by atoms with E-state index in [4.69, 9.17) is 0 Å². The molecule has 4 rings (SSSR count). The first-order valence-corrected chi connectivity index (χ1v) is 12.0. The number of rotatable bonds is 6. The van der Waals surface area contributed by atoms with Crippen molar-refractivity contribution in [2.24, 2.45) is 0 Å². The number of benzene rings is 4. The highest BCUT2D eigenvalue weighted by Crippen LogP contribution is 2.64. The molecule has 0 saturated carbocycles. The van der Waals surface area contributed by atoms with Crippen molar-refractivity contribution < 1.29 is 26.9 Å². The minimum Gasteiger partial charge on any atom is -1.00 e. The van der Waals surface area contributed by atoms with E-state index in [2.05, 4.69) is 36.4 Å². The molecule has 1 N–H and O–H groups in total. The van der Waals surface area contributed by atoms with E-state index in [1.807, 2.05) is 84.9 Å². The van der Waals surface area contributed by atoms with Crippen LogP contribution in [0.3, 0.4) is 0 Å². The number of hydrogen-bond donors (Lipinski definition) is 1. The van der Waals surface area contributed by atoms with E-state index in [1.165, 1.54) is 0 Å². The minimum absolute atomic E-state index is 0. The maximum atomic E-state index is 13.3. The molecule has 0 saturated heterocycles. The summed E-state index contributed by atoms with van der Waals surface area (Å²) in [6, 6.07) is 39.6. The van der Waals surface area contributed by atoms with Crippen LogP contribution in [0, 0.1) is 0 Å². The van der Waals surface area contributed by atoms with E-state index in [-0.39, 0.29) is 28.5 Å². The maximum Gasteiger partial charge on any atom is 0.199 e. The molecule has 32 heavy (non-hydrogen) atoms. The first kappa shape index (κ1) is 23.7. The Morgan fingerprint density at radius 2 is 0.906 bits per heavy atom. The molecule has 4 aromatic carbocycles. The summed E-state index contributed by atoms with van der Waals surface area (Å²) in [5, 5.41) is 15.1. The molecule has 0 unspecified atom stereocenters. The van der Waals surface area contributed by atoms with Crippen molar-refractivity contribution in [1.29, 1.82) is 0 Å². The van der Waals surface area contributed by atoms with Gasteiger partial charge in [0.15, 0.2) is 24.1 Å². The molecule has 0 atom stereocenters. The van der Waals surface area contributed by atoms with E-state index in [1.54, 1.807) is 6.92 Å². The molecule has 0 amide bonds. The standard InChI is InChI=1S/C28H23O2P.BrH/c1-22(29)28(27(30)23-14-6-2-7-15-23)31(24-16-8-3-9-17-24,25-18-10-4-11-19-25)26-20-12-5-13-21-26;/h2-21H,1H3;1H. The van der Waals surface area contributed by atoms with Gasteiger partial charge in [0.25, 0.3) is 0 Å². The lowest BCUT2D eigenvalue weighted by Gasteiger charge is -2.29. The van der Waals surface area contributed by atoms with Crippen LogP contribution in [0.2, 0.25) is 0 Å². The number of ketones is 1. The van der Waals surface area contributed by atoms with E-state index in [9.17, 15) is 9.90 Å². The third kappa shape index (κ3) is 4.32. The molecule has 2 nitrogen and oxygen atoms in total. The molecule has 0 aromatic heterocycles. The van der Waals surface area contributed by atoms with Gasteiger partial charge in [-0.05, 0) is 36.4 Å². The van der Waals surface area contributed by atoms with Crippen LogP contribution in [0.4, 0.5) is 0 Å². The lowest BCUT2D eigenvalue weighted by atomic mass is 10.1. The minimum atomic E-state index is -2.66. The second kappa shape index (κ2) is 10.5. The van der Waals surface area contributed by atoms with Gasteiger partial charge in [0.05, 0.1) is 0 Å². The van der Waals surface area contributed by atoms with Crippen LogP contribution in [-0.4, -0.2) is 10.9 Å². The van der Waals surface area contributed by atoms with Crippen LogP contribution in [-0.2, 0) is 4.79 Å². The summed E-state index contributed by atoms with van der Waals surface area (Å²) in [5.41, 5.74) is 0.639. The van der Waals surface area contributed by atoms with Crippen LogP contribution < -0.4 is 32.9 Å². The molecule has 4 aromatic rings. The molecule has 160 valence electrons. The normalized spacial score (nSPS) is 11.8. The summed E-state index contributed by atoms with van der Waals surface area (Å²) in [4.78, 5) is 13.3. The Morgan fingerprint density at radius 1 is 0.594 bits per heavy atom. The topological polar surface area (TPSA) is 37.3 Å². The van der Waals surface area contributed by atoms with Gasteiger partial charge in [0, 0.05) is 12.5 Å². The van der Waals surface area contributed by atoms with Crippen LogP contribution >= 0.6 is 7.26 Å². The van der Waals surface area contributed by atoms with Crippen LogP contribution in [0.1, 0.15) is 12.5 Å². The molecule has 0 fully saturated rings. The molecular weight excluding hydrogens is 479 g/mol. The number of aliphatic hydroxyl groups is 1.